The third-order valence-electron chi connectivity index (χ3n) is 1.93. The van der Waals surface area contributed by atoms with Gasteiger partial charge in [0.1, 0.15) is 0 Å². The topological polar surface area (TPSA) is 53.1 Å². The maximum atomic E-state index is 5.03. The van der Waals surface area contributed by atoms with Crippen LogP contribution in [0.3, 0.4) is 0 Å². The summed E-state index contributed by atoms with van der Waals surface area (Å²) in [6.07, 6.45) is 3.80. The van der Waals surface area contributed by atoms with E-state index in [0.717, 1.165) is 5.56 Å². The van der Waals surface area contributed by atoms with E-state index < -0.39 is 0 Å². The monoisotopic (exact) mass is 169 g/mol. The molecule has 0 aliphatic heterocycles. The summed E-state index contributed by atoms with van der Waals surface area (Å²) in [5, 5.41) is 4.09. The molecular weight excluding hydrogens is 154 g/mol. The van der Waals surface area contributed by atoms with E-state index in [4.69, 9.17) is 5.90 Å². The lowest BCUT2D eigenvalue weighted by Crippen LogP contribution is -2.25. The Bertz CT molecular complexity index is 255. The molecule has 1 heterocycles. The number of aryl methyl sites for hydroxylation is 1. The van der Waals surface area contributed by atoms with Crippen molar-refractivity contribution in [1.29, 1.82) is 0 Å². The lowest BCUT2D eigenvalue weighted by molar-refractivity contribution is 0.0964. The molecule has 0 unspecified atom stereocenters. The lowest BCUT2D eigenvalue weighted by atomic mass is 9.88. The van der Waals surface area contributed by atoms with E-state index >= 15 is 0 Å². The van der Waals surface area contributed by atoms with Gasteiger partial charge < -0.3 is 4.84 Å². The van der Waals surface area contributed by atoms with Crippen LogP contribution in [0.1, 0.15) is 19.4 Å². The normalized spacial score (nSPS) is 12.0. The SMILES string of the molecule is Cn1cc(C(C)(C)CON)cn1. The molecule has 0 atom stereocenters. The largest absolute Gasteiger partial charge is 0.304 e. The Hall–Kier alpha value is -0.870. The van der Waals surface area contributed by atoms with Gasteiger partial charge in [-0.1, -0.05) is 13.8 Å². The fraction of sp³-hybridized carbons (Fsp3) is 0.625. The Labute approximate surface area is 72.3 Å². The van der Waals surface area contributed by atoms with Crippen LogP contribution >= 0.6 is 0 Å². The Kier molecular flexibility index (Phi) is 2.49. The van der Waals surface area contributed by atoms with Crippen molar-refractivity contribution in [3.05, 3.63) is 18.0 Å². The Morgan fingerprint density at radius 2 is 2.33 bits per heavy atom. The second-order valence-electron chi connectivity index (χ2n) is 3.60. The van der Waals surface area contributed by atoms with Gasteiger partial charge in [-0.2, -0.15) is 5.10 Å². The highest BCUT2D eigenvalue weighted by Gasteiger charge is 2.21. The number of rotatable bonds is 3. The summed E-state index contributed by atoms with van der Waals surface area (Å²) in [4.78, 5) is 4.63. The maximum absolute atomic E-state index is 5.03. The Morgan fingerprint density at radius 1 is 1.67 bits per heavy atom. The van der Waals surface area contributed by atoms with Crippen molar-refractivity contribution in [3.63, 3.8) is 0 Å². The van der Waals surface area contributed by atoms with E-state index in [2.05, 4.69) is 23.8 Å². The van der Waals surface area contributed by atoms with Crippen LogP contribution in [0.2, 0.25) is 0 Å². The molecular formula is C8H15N3O. The molecule has 1 aromatic rings. The van der Waals surface area contributed by atoms with Crippen LogP contribution in [0.25, 0.3) is 0 Å². The molecule has 0 saturated carbocycles. The standard InChI is InChI=1S/C8H15N3O/c1-8(2,6-12-9)7-4-10-11(3)5-7/h4-5H,6,9H2,1-3H3. The maximum Gasteiger partial charge on any atom is 0.0771 e. The molecule has 0 aliphatic carbocycles. The molecule has 0 aromatic carbocycles. The highest BCUT2D eigenvalue weighted by molar-refractivity contribution is 5.16. The molecule has 0 spiro atoms. The molecule has 1 rings (SSSR count). The summed E-state index contributed by atoms with van der Waals surface area (Å²) in [6, 6.07) is 0. The smallest absolute Gasteiger partial charge is 0.0771 e. The van der Waals surface area contributed by atoms with Gasteiger partial charge in [-0.3, -0.25) is 4.68 Å². The molecule has 4 nitrogen and oxygen atoms in total. The molecule has 0 saturated heterocycles. The molecule has 0 fully saturated rings. The lowest BCUT2D eigenvalue weighted by Gasteiger charge is -2.20. The van der Waals surface area contributed by atoms with Gasteiger partial charge in [0.05, 0.1) is 12.8 Å². The molecule has 0 bridgehead atoms. The predicted molar refractivity (Wildman–Crippen MR) is 46.4 cm³/mol. The van der Waals surface area contributed by atoms with Gasteiger partial charge in [-0.25, -0.2) is 5.90 Å². The average Bonchev–Trinajstić information content (AvgIpc) is 2.36. The first-order chi connectivity index (χ1) is 5.56. The van der Waals surface area contributed by atoms with Gasteiger partial charge in [-0.05, 0) is 5.56 Å². The summed E-state index contributed by atoms with van der Waals surface area (Å²) < 4.78 is 1.77. The van der Waals surface area contributed by atoms with Crippen molar-refractivity contribution in [2.75, 3.05) is 6.61 Å². The van der Waals surface area contributed by atoms with Crippen molar-refractivity contribution >= 4 is 0 Å². The molecule has 0 amide bonds. The van der Waals surface area contributed by atoms with E-state index in [0.29, 0.717) is 6.61 Å². The number of hydrogen-bond donors (Lipinski definition) is 1. The fourth-order valence-electron chi connectivity index (χ4n) is 1.06. The number of nitrogens with two attached hydrogens (primary N) is 1. The number of hydrogen-bond acceptors (Lipinski definition) is 3. The van der Waals surface area contributed by atoms with E-state index in [1.54, 1.807) is 4.68 Å². The minimum absolute atomic E-state index is 0.0665. The molecule has 0 aliphatic rings. The zero-order valence-electron chi connectivity index (χ0n) is 7.74. The average molecular weight is 169 g/mol. The van der Waals surface area contributed by atoms with Crippen LogP contribution in [-0.4, -0.2) is 16.4 Å². The van der Waals surface area contributed by atoms with E-state index in [9.17, 15) is 0 Å². The van der Waals surface area contributed by atoms with Crippen LogP contribution in [0, 0.1) is 0 Å². The van der Waals surface area contributed by atoms with Crippen molar-refractivity contribution in [2.45, 2.75) is 19.3 Å². The second-order valence-corrected chi connectivity index (χ2v) is 3.60. The molecule has 4 heteroatoms. The summed E-state index contributed by atoms with van der Waals surface area (Å²) in [6.45, 7) is 4.63. The summed E-state index contributed by atoms with van der Waals surface area (Å²) in [5.74, 6) is 5.03. The summed E-state index contributed by atoms with van der Waals surface area (Å²) >= 11 is 0. The minimum Gasteiger partial charge on any atom is -0.304 e. The number of aromatic nitrogens is 2. The fourth-order valence-corrected chi connectivity index (χ4v) is 1.06. The predicted octanol–water partition coefficient (Wildman–Crippen LogP) is 0.588. The zero-order chi connectivity index (χ0) is 9.19. The molecule has 68 valence electrons. The van der Waals surface area contributed by atoms with Crippen LogP contribution in [0.4, 0.5) is 0 Å². The Balaban J connectivity index is 2.81. The second kappa shape index (κ2) is 3.25. The van der Waals surface area contributed by atoms with Crippen LogP contribution < -0.4 is 5.90 Å². The van der Waals surface area contributed by atoms with Gasteiger partial charge in [0.15, 0.2) is 0 Å². The zero-order valence-corrected chi connectivity index (χ0v) is 7.74. The molecule has 1 aromatic heterocycles. The van der Waals surface area contributed by atoms with Gasteiger partial charge in [0.25, 0.3) is 0 Å². The van der Waals surface area contributed by atoms with Crippen molar-refractivity contribution in [3.8, 4) is 0 Å². The van der Waals surface area contributed by atoms with Gasteiger partial charge >= 0.3 is 0 Å². The van der Waals surface area contributed by atoms with Gasteiger partial charge in [-0.15, -0.1) is 0 Å². The highest BCUT2D eigenvalue weighted by Crippen LogP contribution is 2.21. The van der Waals surface area contributed by atoms with Gasteiger partial charge in [0.2, 0.25) is 0 Å². The van der Waals surface area contributed by atoms with Gasteiger partial charge in [0, 0.05) is 18.7 Å². The Morgan fingerprint density at radius 3 is 2.75 bits per heavy atom. The molecule has 2 N–H and O–H groups in total. The van der Waals surface area contributed by atoms with Crippen molar-refractivity contribution in [1.82, 2.24) is 9.78 Å². The first-order valence-corrected chi connectivity index (χ1v) is 3.87. The van der Waals surface area contributed by atoms with E-state index in [-0.39, 0.29) is 5.41 Å². The van der Waals surface area contributed by atoms with Crippen LogP contribution in [0.15, 0.2) is 12.4 Å². The first-order valence-electron chi connectivity index (χ1n) is 3.87. The summed E-state index contributed by atoms with van der Waals surface area (Å²) in [5.41, 5.74) is 1.07. The third-order valence-corrected chi connectivity index (χ3v) is 1.93. The van der Waals surface area contributed by atoms with E-state index in [1.807, 2.05) is 19.4 Å². The third kappa shape index (κ3) is 1.84. The van der Waals surface area contributed by atoms with E-state index in [1.165, 1.54) is 0 Å². The first kappa shape index (κ1) is 9.22. The quantitative estimate of drug-likeness (QED) is 0.674. The number of nitrogens with zero attached hydrogens (tertiary/aromatic N) is 2. The highest BCUT2D eigenvalue weighted by atomic mass is 16.6. The molecule has 0 radical (unpaired) electrons. The van der Waals surface area contributed by atoms with Crippen molar-refractivity contribution < 1.29 is 4.84 Å². The molecule has 12 heavy (non-hydrogen) atoms. The van der Waals surface area contributed by atoms with Crippen LogP contribution in [-0.2, 0) is 17.3 Å². The minimum atomic E-state index is -0.0665. The van der Waals surface area contributed by atoms with Crippen LogP contribution in [0.5, 0.6) is 0 Å². The summed E-state index contributed by atoms with van der Waals surface area (Å²) in [7, 11) is 1.89. The van der Waals surface area contributed by atoms with Crippen molar-refractivity contribution in [2.24, 2.45) is 12.9 Å².